The van der Waals surface area contributed by atoms with Crippen molar-refractivity contribution in [3.8, 4) is 5.75 Å². The maximum atomic E-state index is 12.9. The van der Waals surface area contributed by atoms with Gasteiger partial charge in [-0.25, -0.2) is 9.78 Å². The van der Waals surface area contributed by atoms with E-state index < -0.39 is 24.3 Å². The molecule has 33 heavy (non-hydrogen) atoms. The second-order valence-electron chi connectivity index (χ2n) is 8.95. The van der Waals surface area contributed by atoms with Gasteiger partial charge >= 0.3 is 12.1 Å². The fourth-order valence-corrected chi connectivity index (χ4v) is 4.24. The molecule has 1 fully saturated rings. The molecule has 1 aromatic heterocycles. The highest BCUT2D eigenvalue weighted by atomic mass is 19.4. The summed E-state index contributed by atoms with van der Waals surface area (Å²) in [5.74, 6) is 0.483. The van der Waals surface area contributed by atoms with Gasteiger partial charge in [-0.3, -0.25) is 4.90 Å². The van der Waals surface area contributed by atoms with E-state index in [0.717, 1.165) is 42.9 Å². The molecule has 0 aliphatic carbocycles. The Morgan fingerprint density at radius 3 is 2.61 bits per heavy atom. The Morgan fingerprint density at radius 2 is 2.00 bits per heavy atom. The van der Waals surface area contributed by atoms with E-state index in [0.29, 0.717) is 30.6 Å². The van der Waals surface area contributed by atoms with Crippen molar-refractivity contribution in [2.75, 3.05) is 31.1 Å². The van der Waals surface area contributed by atoms with Gasteiger partial charge in [0.2, 0.25) is 0 Å². The van der Waals surface area contributed by atoms with Crippen LogP contribution < -0.4 is 9.64 Å². The second kappa shape index (κ2) is 10.4. The minimum absolute atomic E-state index is 0.121. The van der Waals surface area contributed by atoms with Gasteiger partial charge < -0.3 is 14.7 Å². The van der Waals surface area contributed by atoms with Crippen LogP contribution in [0.25, 0.3) is 0 Å². The predicted octanol–water partition coefficient (Wildman–Crippen LogP) is 4.61. The van der Waals surface area contributed by atoms with Crippen molar-refractivity contribution in [1.29, 1.82) is 0 Å². The van der Waals surface area contributed by atoms with Crippen LogP contribution in [0.4, 0.5) is 19.0 Å². The van der Waals surface area contributed by atoms with E-state index in [4.69, 9.17) is 9.84 Å². The van der Waals surface area contributed by atoms with Crippen LogP contribution in [0, 0.1) is 12.8 Å². The van der Waals surface area contributed by atoms with Gasteiger partial charge in [0.15, 0.2) is 6.61 Å². The molecular formula is C24H30F3N3O3. The SMILES string of the molecule is Cc1cc(CN2CCN(c3ccc(C(F)(F)F)cn3)[C@H](CC(C)C)C2)cc(OCC(=O)O)c1. The molecule has 0 bridgehead atoms. The molecule has 2 aromatic rings. The molecule has 0 saturated carbocycles. The lowest BCUT2D eigenvalue weighted by molar-refractivity contribution is -0.139. The van der Waals surface area contributed by atoms with E-state index in [-0.39, 0.29) is 6.04 Å². The molecule has 3 rings (SSSR count). The maximum absolute atomic E-state index is 12.9. The van der Waals surface area contributed by atoms with Crippen LogP contribution in [0.2, 0.25) is 0 Å². The Balaban J connectivity index is 1.72. The van der Waals surface area contributed by atoms with E-state index in [1.807, 2.05) is 19.1 Å². The number of rotatable bonds is 8. The van der Waals surface area contributed by atoms with E-state index in [1.54, 1.807) is 0 Å². The van der Waals surface area contributed by atoms with Crippen molar-refractivity contribution in [3.63, 3.8) is 0 Å². The first-order valence-corrected chi connectivity index (χ1v) is 11.0. The minimum atomic E-state index is -4.40. The third kappa shape index (κ3) is 7.08. The molecule has 0 unspecified atom stereocenters. The molecular weight excluding hydrogens is 435 g/mol. The van der Waals surface area contributed by atoms with Gasteiger partial charge in [0, 0.05) is 38.4 Å². The van der Waals surface area contributed by atoms with Gasteiger partial charge in [0.25, 0.3) is 0 Å². The van der Waals surface area contributed by atoms with Gasteiger partial charge in [0.1, 0.15) is 11.6 Å². The number of carbonyl (C=O) groups is 1. The monoisotopic (exact) mass is 465 g/mol. The molecule has 1 aromatic carbocycles. The van der Waals surface area contributed by atoms with Crippen LogP contribution in [0.1, 0.15) is 37.0 Å². The number of piperazine rings is 1. The van der Waals surface area contributed by atoms with Crippen LogP contribution in [0.15, 0.2) is 36.5 Å². The van der Waals surface area contributed by atoms with Crippen molar-refractivity contribution >= 4 is 11.8 Å². The van der Waals surface area contributed by atoms with E-state index >= 15 is 0 Å². The summed E-state index contributed by atoms with van der Waals surface area (Å²) in [6, 6.07) is 8.38. The van der Waals surface area contributed by atoms with Crippen LogP contribution in [-0.4, -0.2) is 53.2 Å². The van der Waals surface area contributed by atoms with E-state index in [1.165, 1.54) is 6.07 Å². The average Bonchev–Trinajstić information content (AvgIpc) is 2.71. The number of carboxylic acid groups (broad SMARTS) is 1. The first kappa shape index (κ1) is 24.8. The number of ether oxygens (including phenoxy) is 1. The number of aryl methyl sites for hydroxylation is 1. The molecule has 1 N–H and O–H groups in total. The Morgan fingerprint density at radius 1 is 1.24 bits per heavy atom. The van der Waals surface area contributed by atoms with Crippen molar-refractivity contribution in [1.82, 2.24) is 9.88 Å². The summed E-state index contributed by atoms with van der Waals surface area (Å²) < 4.78 is 44.1. The topological polar surface area (TPSA) is 65.9 Å². The quantitative estimate of drug-likeness (QED) is 0.614. The number of pyridine rings is 1. The summed E-state index contributed by atoms with van der Waals surface area (Å²) in [5.41, 5.74) is 1.27. The lowest BCUT2D eigenvalue weighted by Gasteiger charge is -2.43. The number of alkyl halides is 3. The van der Waals surface area contributed by atoms with Gasteiger partial charge in [-0.1, -0.05) is 19.9 Å². The van der Waals surface area contributed by atoms with Crippen LogP contribution >= 0.6 is 0 Å². The Bertz CT molecular complexity index is 948. The second-order valence-corrected chi connectivity index (χ2v) is 8.95. The molecule has 0 amide bonds. The molecule has 2 heterocycles. The first-order valence-electron chi connectivity index (χ1n) is 11.0. The number of benzene rings is 1. The highest BCUT2D eigenvalue weighted by Gasteiger charge is 2.32. The number of hydrogen-bond donors (Lipinski definition) is 1. The standard InChI is InChI=1S/C24H30F3N3O3/c1-16(2)8-20-14-29(13-18-9-17(3)10-21(11-18)33-15-23(31)32)6-7-30(20)22-5-4-19(12-28-22)24(25,26)27/h4-5,9-12,16,20H,6-8,13-15H2,1-3H3,(H,31,32)/t20-/m1/s1. The molecule has 1 aliphatic rings. The zero-order valence-electron chi connectivity index (χ0n) is 19.1. The predicted molar refractivity (Wildman–Crippen MR) is 119 cm³/mol. The third-order valence-electron chi connectivity index (χ3n) is 5.56. The van der Waals surface area contributed by atoms with Crippen LogP contribution in [0.5, 0.6) is 5.75 Å². The number of anilines is 1. The number of aromatic nitrogens is 1. The molecule has 6 nitrogen and oxygen atoms in total. The third-order valence-corrected chi connectivity index (χ3v) is 5.56. The van der Waals surface area contributed by atoms with Crippen molar-refractivity contribution in [2.24, 2.45) is 5.92 Å². The molecule has 1 atom stereocenters. The Kier molecular flexibility index (Phi) is 7.84. The van der Waals surface area contributed by atoms with Crippen LogP contribution in [-0.2, 0) is 17.5 Å². The number of aliphatic carboxylic acids is 1. The summed E-state index contributed by atoms with van der Waals surface area (Å²) in [5, 5.41) is 8.85. The number of hydrogen-bond acceptors (Lipinski definition) is 5. The molecule has 9 heteroatoms. The van der Waals surface area contributed by atoms with Crippen LogP contribution in [0.3, 0.4) is 0 Å². The van der Waals surface area contributed by atoms with E-state index in [2.05, 4.69) is 34.7 Å². The lowest BCUT2D eigenvalue weighted by Crippen LogP contribution is -2.53. The fraction of sp³-hybridized carbons (Fsp3) is 0.500. The smallest absolute Gasteiger partial charge is 0.417 e. The zero-order valence-corrected chi connectivity index (χ0v) is 19.1. The summed E-state index contributed by atoms with van der Waals surface area (Å²) >= 11 is 0. The first-order chi connectivity index (χ1) is 15.5. The van der Waals surface area contributed by atoms with Crippen molar-refractivity contribution < 1.29 is 27.8 Å². The molecule has 0 radical (unpaired) electrons. The van der Waals surface area contributed by atoms with Gasteiger partial charge in [-0.05, 0) is 54.7 Å². The maximum Gasteiger partial charge on any atom is 0.417 e. The van der Waals surface area contributed by atoms with Gasteiger partial charge in [-0.2, -0.15) is 13.2 Å². The summed E-state index contributed by atoms with van der Waals surface area (Å²) in [6.07, 6.45) is -2.61. The van der Waals surface area contributed by atoms with Crippen molar-refractivity contribution in [3.05, 3.63) is 53.2 Å². The fourth-order valence-electron chi connectivity index (χ4n) is 4.24. The summed E-state index contributed by atoms with van der Waals surface area (Å²) in [6.45, 7) is 8.62. The normalized spacial score (nSPS) is 17.4. The Labute approximate surface area is 192 Å². The largest absolute Gasteiger partial charge is 0.482 e. The Hall–Kier alpha value is -2.81. The van der Waals surface area contributed by atoms with E-state index in [9.17, 15) is 18.0 Å². The van der Waals surface area contributed by atoms with Gasteiger partial charge in [-0.15, -0.1) is 0 Å². The highest BCUT2D eigenvalue weighted by molar-refractivity contribution is 5.68. The number of halogens is 3. The minimum Gasteiger partial charge on any atom is -0.482 e. The molecule has 1 aliphatic heterocycles. The molecule has 0 spiro atoms. The highest BCUT2D eigenvalue weighted by Crippen LogP contribution is 2.31. The summed E-state index contributed by atoms with van der Waals surface area (Å²) in [4.78, 5) is 19.3. The van der Waals surface area contributed by atoms with Crippen molar-refractivity contribution in [2.45, 2.75) is 46.0 Å². The number of carboxylic acids is 1. The zero-order chi connectivity index (χ0) is 24.2. The number of nitrogens with zero attached hydrogens (tertiary/aromatic N) is 3. The molecule has 1 saturated heterocycles. The summed E-state index contributed by atoms with van der Waals surface area (Å²) in [7, 11) is 0. The molecule has 180 valence electrons. The van der Waals surface area contributed by atoms with Gasteiger partial charge in [0.05, 0.1) is 5.56 Å². The average molecular weight is 466 g/mol. The lowest BCUT2D eigenvalue weighted by atomic mass is 9.99.